The van der Waals surface area contributed by atoms with Crippen LogP contribution in [0, 0.1) is 6.92 Å². The number of aromatic amines is 1. The predicted molar refractivity (Wildman–Crippen MR) is 60.9 cm³/mol. The normalized spacial score (nSPS) is 10.8. The molecule has 0 aliphatic rings. The molecule has 1 heterocycles. The number of aromatic nitrogens is 1. The van der Waals surface area contributed by atoms with Crippen LogP contribution in [-0.2, 0) is 6.54 Å². The van der Waals surface area contributed by atoms with E-state index in [0.717, 1.165) is 28.6 Å². The van der Waals surface area contributed by atoms with E-state index in [1.54, 1.807) is 0 Å². The summed E-state index contributed by atoms with van der Waals surface area (Å²) in [5, 5.41) is 3.09. The van der Waals surface area contributed by atoms with Crippen LogP contribution in [0.5, 0.6) is 0 Å². The standard InChI is InChI=1S/C12H14N2O/c1-8-3-4-9-6-10(7-13-2)12(15)14-11(9)5-8/h3-6,13H,7H2,1-2H3,(H,14,15)/p+1. The van der Waals surface area contributed by atoms with Gasteiger partial charge in [-0.1, -0.05) is 12.1 Å². The summed E-state index contributed by atoms with van der Waals surface area (Å²) in [7, 11) is 1.96. The molecule has 1 aromatic carbocycles. The Balaban J connectivity index is 2.65. The molecule has 0 bridgehead atoms. The second-order valence-electron chi connectivity index (χ2n) is 3.83. The van der Waals surface area contributed by atoms with Crippen LogP contribution >= 0.6 is 0 Å². The third kappa shape index (κ3) is 1.92. The van der Waals surface area contributed by atoms with Gasteiger partial charge in [0.05, 0.1) is 12.6 Å². The number of hydrogen-bond donors (Lipinski definition) is 2. The number of benzene rings is 1. The molecule has 3 nitrogen and oxygen atoms in total. The number of nitrogens with one attached hydrogen (secondary N) is 1. The average Bonchev–Trinajstić information content (AvgIpc) is 2.20. The van der Waals surface area contributed by atoms with Gasteiger partial charge < -0.3 is 10.3 Å². The summed E-state index contributed by atoms with van der Waals surface area (Å²) < 4.78 is 0. The number of rotatable bonds is 2. The zero-order chi connectivity index (χ0) is 10.8. The summed E-state index contributed by atoms with van der Waals surface area (Å²) >= 11 is 0. The van der Waals surface area contributed by atoms with Crippen LogP contribution < -0.4 is 10.9 Å². The van der Waals surface area contributed by atoms with Crippen LogP contribution in [0.15, 0.2) is 29.1 Å². The summed E-state index contributed by atoms with van der Waals surface area (Å²) in [5.41, 5.74) is 2.92. The number of hydrogen-bond acceptors (Lipinski definition) is 1. The Bertz CT molecular complexity index is 543. The van der Waals surface area contributed by atoms with Gasteiger partial charge >= 0.3 is 0 Å². The fourth-order valence-electron chi connectivity index (χ4n) is 1.73. The minimum absolute atomic E-state index is 0.0196. The van der Waals surface area contributed by atoms with Gasteiger partial charge in [0.2, 0.25) is 0 Å². The Morgan fingerprint density at radius 1 is 1.33 bits per heavy atom. The third-order valence-corrected chi connectivity index (χ3v) is 2.50. The minimum Gasteiger partial charge on any atom is -0.345 e. The minimum atomic E-state index is 0.0196. The lowest BCUT2D eigenvalue weighted by molar-refractivity contribution is -0.643. The van der Waals surface area contributed by atoms with Crippen LogP contribution in [0.25, 0.3) is 10.9 Å². The van der Waals surface area contributed by atoms with Gasteiger partial charge in [0.15, 0.2) is 0 Å². The van der Waals surface area contributed by atoms with E-state index in [0.29, 0.717) is 0 Å². The van der Waals surface area contributed by atoms with Gasteiger partial charge in [0, 0.05) is 5.52 Å². The molecule has 0 unspecified atom stereocenters. The van der Waals surface area contributed by atoms with Crippen LogP contribution in [0.3, 0.4) is 0 Å². The van der Waals surface area contributed by atoms with Crippen molar-refractivity contribution in [2.75, 3.05) is 7.05 Å². The first-order chi connectivity index (χ1) is 7.20. The highest BCUT2D eigenvalue weighted by molar-refractivity contribution is 5.79. The first kappa shape index (κ1) is 9.93. The van der Waals surface area contributed by atoms with Crippen LogP contribution in [0.1, 0.15) is 11.1 Å². The molecule has 1 aromatic heterocycles. The fourth-order valence-corrected chi connectivity index (χ4v) is 1.73. The quantitative estimate of drug-likeness (QED) is 0.735. The number of aryl methyl sites for hydroxylation is 1. The van der Waals surface area contributed by atoms with E-state index in [9.17, 15) is 4.79 Å². The number of fused-ring (bicyclic) bond motifs is 1. The van der Waals surface area contributed by atoms with Crippen LogP contribution in [-0.4, -0.2) is 12.0 Å². The molecule has 0 saturated carbocycles. The first-order valence-corrected chi connectivity index (χ1v) is 5.11. The molecule has 0 aliphatic heterocycles. The first-order valence-electron chi connectivity index (χ1n) is 5.11. The van der Waals surface area contributed by atoms with Crippen molar-refractivity contribution in [2.45, 2.75) is 13.5 Å². The SMILES string of the molecule is C[NH2+]Cc1cc2ccc(C)cc2[nH]c1=O. The Morgan fingerprint density at radius 2 is 2.13 bits per heavy atom. The van der Waals surface area contributed by atoms with Gasteiger partial charge in [0.1, 0.15) is 6.54 Å². The molecule has 0 radical (unpaired) electrons. The molecule has 3 heteroatoms. The van der Waals surface area contributed by atoms with E-state index in [2.05, 4.69) is 11.1 Å². The van der Waals surface area contributed by atoms with Crippen molar-refractivity contribution in [3.05, 3.63) is 45.7 Å². The molecule has 0 aliphatic carbocycles. The van der Waals surface area contributed by atoms with E-state index in [4.69, 9.17) is 0 Å². The smallest absolute Gasteiger partial charge is 0.257 e. The number of H-pyrrole nitrogens is 1. The maximum absolute atomic E-state index is 11.7. The molecule has 3 N–H and O–H groups in total. The van der Waals surface area contributed by atoms with Gasteiger partial charge in [-0.15, -0.1) is 0 Å². The van der Waals surface area contributed by atoms with Crippen LogP contribution in [0.4, 0.5) is 0 Å². The predicted octanol–water partition coefficient (Wildman–Crippen LogP) is 0.530. The largest absolute Gasteiger partial charge is 0.345 e. The van der Waals surface area contributed by atoms with E-state index < -0.39 is 0 Å². The summed E-state index contributed by atoms with van der Waals surface area (Å²) in [4.78, 5) is 14.6. The summed E-state index contributed by atoms with van der Waals surface area (Å²) in [6, 6.07) is 8.06. The molecule has 0 amide bonds. The second-order valence-corrected chi connectivity index (χ2v) is 3.83. The maximum Gasteiger partial charge on any atom is 0.257 e. The lowest BCUT2D eigenvalue weighted by Crippen LogP contribution is -2.78. The molecular formula is C12H15N2O+. The molecule has 0 spiro atoms. The van der Waals surface area contributed by atoms with E-state index in [1.165, 1.54) is 0 Å². The highest BCUT2D eigenvalue weighted by atomic mass is 16.1. The van der Waals surface area contributed by atoms with Crippen molar-refractivity contribution in [1.82, 2.24) is 4.98 Å². The Hall–Kier alpha value is -1.61. The van der Waals surface area contributed by atoms with Crippen molar-refractivity contribution in [1.29, 1.82) is 0 Å². The molecular weight excluding hydrogens is 188 g/mol. The second kappa shape index (κ2) is 3.87. The Labute approximate surface area is 88.1 Å². The van der Waals surface area contributed by atoms with Gasteiger partial charge in [-0.3, -0.25) is 4.79 Å². The molecule has 15 heavy (non-hydrogen) atoms. The third-order valence-electron chi connectivity index (χ3n) is 2.50. The maximum atomic E-state index is 11.7. The Kier molecular flexibility index (Phi) is 2.56. The molecule has 0 atom stereocenters. The lowest BCUT2D eigenvalue weighted by Gasteiger charge is -2.02. The summed E-state index contributed by atoms with van der Waals surface area (Å²) in [5.74, 6) is 0. The van der Waals surface area contributed by atoms with E-state index in [-0.39, 0.29) is 5.56 Å². The monoisotopic (exact) mass is 203 g/mol. The average molecular weight is 203 g/mol. The molecule has 0 saturated heterocycles. The van der Waals surface area contributed by atoms with Crippen molar-refractivity contribution >= 4 is 10.9 Å². The number of pyridine rings is 1. The molecule has 2 aromatic rings. The van der Waals surface area contributed by atoms with E-state index >= 15 is 0 Å². The highest BCUT2D eigenvalue weighted by Gasteiger charge is 2.03. The summed E-state index contributed by atoms with van der Waals surface area (Å²) in [6.07, 6.45) is 0. The van der Waals surface area contributed by atoms with Crippen LogP contribution in [0.2, 0.25) is 0 Å². The zero-order valence-electron chi connectivity index (χ0n) is 9.00. The summed E-state index contributed by atoms with van der Waals surface area (Å²) in [6.45, 7) is 2.74. The van der Waals surface area contributed by atoms with Crippen molar-refractivity contribution in [2.24, 2.45) is 0 Å². The molecule has 78 valence electrons. The van der Waals surface area contributed by atoms with Gasteiger partial charge in [0.25, 0.3) is 5.56 Å². The van der Waals surface area contributed by atoms with Crippen molar-refractivity contribution in [3.63, 3.8) is 0 Å². The van der Waals surface area contributed by atoms with Crippen molar-refractivity contribution in [3.8, 4) is 0 Å². The Morgan fingerprint density at radius 3 is 2.87 bits per heavy atom. The van der Waals surface area contributed by atoms with Crippen molar-refractivity contribution < 1.29 is 5.32 Å². The van der Waals surface area contributed by atoms with E-state index in [1.807, 2.05) is 37.5 Å². The lowest BCUT2D eigenvalue weighted by atomic mass is 10.1. The topological polar surface area (TPSA) is 49.5 Å². The van der Waals surface area contributed by atoms with Gasteiger partial charge in [-0.05, 0) is 30.0 Å². The molecule has 0 fully saturated rings. The highest BCUT2D eigenvalue weighted by Crippen LogP contribution is 2.12. The zero-order valence-corrected chi connectivity index (χ0v) is 9.00. The fraction of sp³-hybridized carbons (Fsp3) is 0.250. The van der Waals surface area contributed by atoms with Gasteiger partial charge in [-0.2, -0.15) is 0 Å². The number of quaternary nitrogens is 1. The van der Waals surface area contributed by atoms with Gasteiger partial charge in [-0.25, -0.2) is 0 Å². The molecule has 2 rings (SSSR count). The number of nitrogens with two attached hydrogens (primary N) is 1.